The molecule has 4 amide bonds. The van der Waals surface area contributed by atoms with Crippen LogP contribution in [0.3, 0.4) is 0 Å². The van der Waals surface area contributed by atoms with E-state index in [0.29, 0.717) is 22.1 Å². The van der Waals surface area contributed by atoms with E-state index in [1.807, 2.05) is 0 Å². The lowest BCUT2D eigenvalue weighted by atomic mass is 9.84. The van der Waals surface area contributed by atoms with Crippen LogP contribution in [0.5, 0.6) is 0 Å². The summed E-state index contributed by atoms with van der Waals surface area (Å²) in [7, 11) is 0. The van der Waals surface area contributed by atoms with Gasteiger partial charge in [-0.2, -0.15) is 0 Å². The molecule has 1 aliphatic heterocycles. The van der Waals surface area contributed by atoms with Gasteiger partial charge >= 0.3 is 0 Å². The average Bonchev–Trinajstić information content (AvgIpc) is 3.27. The van der Waals surface area contributed by atoms with Crippen LogP contribution in [0.2, 0.25) is 4.34 Å². The molecular formula is C24H25ClF2N4O5S. The second kappa shape index (κ2) is 12.0. The molecule has 198 valence electrons. The van der Waals surface area contributed by atoms with Crippen molar-refractivity contribution < 1.29 is 32.7 Å². The van der Waals surface area contributed by atoms with Gasteiger partial charge in [0.05, 0.1) is 15.8 Å². The Labute approximate surface area is 220 Å². The molecule has 0 bridgehead atoms. The summed E-state index contributed by atoms with van der Waals surface area (Å²) < 4.78 is 33.3. The van der Waals surface area contributed by atoms with E-state index in [9.17, 15) is 28.0 Å². The van der Waals surface area contributed by atoms with Gasteiger partial charge in [0.2, 0.25) is 11.8 Å². The quantitative estimate of drug-likeness (QED) is 0.439. The first kappa shape index (κ1) is 27.0. The number of benzene rings is 1. The summed E-state index contributed by atoms with van der Waals surface area (Å²) in [6, 6.07) is 5.76. The number of nitrogens with one attached hydrogen (secondary N) is 3. The fourth-order valence-corrected chi connectivity index (χ4v) is 4.87. The molecule has 2 aromatic rings. The smallest absolute Gasteiger partial charge is 0.265 e. The Balaban J connectivity index is 1.50. The number of thiophene rings is 1. The molecule has 0 spiro atoms. The zero-order valence-electron chi connectivity index (χ0n) is 19.6. The predicted molar refractivity (Wildman–Crippen MR) is 134 cm³/mol. The van der Waals surface area contributed by atoms with Crippen LogP contribution in [0.25, 0.3) is 0 Å². The molecule has 1 aliphatic carbocycles. The maximum Gasteiger partial charge on any atom is 0.265 e. The van der Waals surface area contributed by atoms with Crippen LogP contribution < -0.4 is 20.9 Å². The highest BCUT2D eigenvalue weighted by Crippen LogP contribution is 2.32. The molecule has 2 heterocycles. The average molecular weight is 555 g/mol. The van der Waals surface area contributed by atoms with Gasteiger partial charge in [0.1, 0.15) is 12.6 Å². The summed E-state index contributed by atoms with van der Waals surface area (Å²) >= 11 is 6.93. The van der Waals surface area contributed by atoms with Gasteiger partial charge in [-0.1, -0.05) is 18.0 Å². The lowest BCUT2D eigenvalue weighted by Gasteiger charge is -2.28. The van der Waals surface area contributed by atoms with Crippen LogP contribution in [0.1, 0.15) is 40.9 Å². The number of alkyl halides is 2. The van der Waals surface area contributed by atoms with Crippen LogP contribution in [-0.4, -0.2) is 56.0 Å². The Morgan fingerprint density at radius 3 is 2.59 bits per heavy atom. The van der Waals surface area contributed by atoms with Crippen molar-refractivity contribution >= 4 is 57.9 Å². The summed E-state index contributed by atoms with van der Waals surface area (Å²) in [6.07, 6.45) is -0.659. The van der Waals surface area contributed by atoms with Gasteiger partial charge in [0, 0.05) is 35.9 Å². The van der Waals surface area contributed by atoms with E-state index in [2.05, 4.69) is 16.0 Å². The number of carbonyl (C=O) groups is 4. The predicted octanol–water partition coefficient (Wildman–Crippen LogP) is 3.36. The minimum Gasteiger partial charge on any atom is -0.370 e. The summed E-state index contributed by atoms with van der Waals surface area (Å²) in [5.74, 6) is -2.18. The van der Waals surface area contributed by atoms with Crippen molar-refractivity contribution in [3.8, 4) is 0 Å². The maximum absolute atomic E-state index is 13.9. The Bertz CT molecular complexity index is 1190. The molecule has 3 N–H and O–H groups in total. The maximum atomic E-state index is 13.9. The SMILES string of the molecule is O=C(NC[C@H](NC(=O)C1CCC1)C(=O)Nc1ccc(N2CCOCC2=O)cc1C(F)F)c1ccc(Cl)s1. The van der Waals surface area contributed by atoms with Crippen molar-refractivity contribution in [3.05, 3.63) is 45.1 Å². The standard InChI is InChI=1S/C24H25ClF2N4O5S/c25-19-7-6-18(37-19)24(35)28-11-17(30-22(33)13-2-1-3-13)23(34)29-16-5-4-14(10-15(16)21(26)27)31-8-9-36-12-20(31)32/h4-7,10,13,17,21H,1-3,8-9,11-12H2,(H,28,35)(H,29,34)(H,30,33)/t17-/m0/s1. The number of hydrogen-bond donors (Lipinski definition) is 3. The number of amides is 4. The van der Waals surface area contributed by atoms with Crippen LogP contribution in [-0.2, 0) is 19.1 Å². The van der Waals surface area contributed by atoms with Crippen LogP contribution in [0.4, 0.5) is 20.2 Å². The van der Waals surface area contributed by atoms with Crippen molar-refractivity contribution in [1.82, 2.24) is 10.6 Å². The lowest BCUT2D eigenvalue weighted by molar-refractivity contribution is -0.131. The monoisotopic (exact) mass is 554 g/mol. The second-order valence-electron chi connectivity index (χ2n) is 8.66. The Kier molecular flexibility index (Phi) is 8.72. The molecule has 13 heteroatoms. The Morgan fingerprint density at radius 1 is 1.19 bits per heavy atom. The van der Waals surface area contributed by atoms with E-state index < -0.39 is 29.8 Å². The number of anilines is 2. The normalized spacial score (nSPS) is 16.8. The molecule has 1 aromatic carbocycles. The van der Waals surface area contributed by atoms with Crippen molar-refractivity contribution in [3.63, 3.8) is 0 Å². The minimum absolute atomic E-state index is 0.145. The van der Waals surface area contributed by atoms with E-state index in [-0.39, 0.29) is 55.4 Å². The van der Waals surface area contributed by atoms with Crippen molar-refractivity contribution in [1.29, 1.82) is 0 Å². The van der Waals surface area contributed by atoms with Gasteiger partial charge in [0.25, 0.3) is 18.2 Å². The summed E-state index contributed by atoms with van der Waals surface area (Å²) in [5.41, 5.74) is -0.381. The molecule has 0 unspecified atom stereocenters. The molecule has 37 heavy (non-hydrogen) atoms. The van der Waals surface area contributed by atoms with Crippen molar-refractivity contribution in [2.75, 3.05) is 36.5 Å². The largest absolute Gasteiger partial charge is 0.370 e. The zero-order chi connectivity index (χ0) is 26.5. The minimum atomic E-state index is -2.95. The third-order valence-corrected chi connectivity index (χ3v) is 7.43. The lowest BCUT2D eigenvalue weighted by Crippen LogP contribution is -2.52. The first-order chi connectivity index (χ1) is 17.7. The van der Waals surface area contributed by atoms with Gasteiger partial charge < -0.3 is 25.6 Å². The van der Waals surface area contributed by atoms with Gasteiger partial charge in [-0.3, -0.25) is 19.2 Å². The Morgan fingerprint density at radius 2 is 1.97 bits per heavy atom. The van der Waals surface area contributed by atoms with E-state index in [4.69, 9.17) is 16.3 Å². The summed E-state index contributed by atoms with van der Waals surface area (Å²) in [6.45, 7) is 0.0922. The van der Waals surface area contributed by atoms with E-state index >= 15 is 0 Å². The molecule has 1 saturated carbocycles. The van der Waals surface area contributed by atoms with E-state index in [1.54, 1.807) is 6.07 Å². The van der Waals surface area contributed by atoms with Crippen LogP contribution >= 0.6 is 22.9 Å². The van der Waals surface area contributed by atoms with Gasteiger partial charge in [0.15, 0.2) is 0 Å². The number of nitrogens with zero attached hydrogens (tertiary/aromatic N) is 1. The number of rotatable bonds is 9. The topological polar surface area (TPSA) is 117 Å². The molecule has 2 fully saturated rings. The third kappa shape index (κ3) is 6.62. The first-order valence-electron chi connectivity index (χ1n) is 11.7. The number of halogens is 3. The molecule has 1 aromatic heterocycles. The first-order valence-corrected chi connectivity index (χ1v) is 12.9. The van der Waals surface area contributed by atoms with E-state index in [0.717, 1.165) is 23.8 Å². The van der Waals surface area contributed by atoms with Crippen LogP contribution in [0, 0.1) is 5.92 Å². The zero-order valence-corrected chi connectivity index (χ0v) is 21.2. The summed E-state index contributed by atoms with van der Waals surface area (Å²) in [4.78, 5) is 51.9. The number of hydrogen-bond acceptors (Lipinski definition) is 6. The van der Waals surface area contributed by atoms with Gasteiger partial charge in [-0.25, -0.2) is 8.78 Å². The molecule has 0 radical (unpaired) electrons. The number of carbonyl (C=O) groups excluding carboxylic acids is 4. The highest BCUT2D eigenvalue weighted by molar-refractivity contribution is 7.18. The molecule has 4 rings (SSSR count). The molecule has 2 aliphatic rings. The fourth-order valence-electron chi connectivity index (χ4n) is 3.91. The number of ether oxygens (including phenoxy) is 1. The molecule has 9 nitrogen and oxygen atoms in total. The molecular weight excluding hydrogens is 530 g/mol. The molecule has 1 atom stereocenters. The van der Waals surface area contributed by atoms with Crippen molar-refractivity contribution in [2.45, 2.75) is 31.7 Å². The van der Waals surface area contributed by atoms with Gasteiger partial charge in [-0.05, 0) is 43.2 Å². The van der Waals surface area contributed by atoms with Crippen molar-refractivity contribution in [2.24, 2.45) is 5.92 Å². The Hall–Kier alpha value is -3.09. The van der Waals surface area contributed by atoms with E-state index in [1.165, 1.54) is 23.1 Å². The second-order valence-corrected chi connectivity index (χ2v) is 10.4. The van der Waals surface area contributed by atoms with Gasteiger partial charge in [-0.15, -0.1) is 11.3 Å². The summed E-state index contributed by atoms with van der Waals surface area (Å²) in [5, 5.41) is 7.66. The van der Waals surface area contributed by atoms with Crippen LogP contribution in [0.15, 0.2) is 30.3 Å². The highest BCUT2D eigenvalue weighted by Gasteiger charge is 2.31. The number of morpholine rings is 1. The third-order valence-electron chi connectivity index (χ3n) is 6.20. The fraction of sp³-hybridized carbons (Fsp3) is 0.417. The molecule has 1 saturated heterocycles. The highest BCUT2D eigenvalue weighted by atomic mass is 35.5.